The van der Waals surface area contributed by atoms with E-state index in [0.29, 0.717) is 6.61 Å². The third-order valence-corrected chi connectivity index (χ3v) is 3.47. The molecule has 80 valence electrons. The molecule has 1 rings (SSSR count). The zero-order chi connectivity index (χ0) is 10.6. The van der Waals surface area contributed by atoms with Gasteiger partial charge < -0.3 is 4.74 Å². The Balaban J connectivity index is 2.54. The number of nitrogens with two attached hydrogens (primary N) is 1. The van der Waals surface area contributed by atoms with E-state index < -0.39 is 0 Å². The minimum Gasteiger partial charge on any atom is -0.377 e. The molecule has 3 N–H and O–H groups in total. The number of thiophene rings is 1. The van der Waals surface area contributed by atoms with Crippen molar-refractivity contribution in [1.82, 2.24) is 5.43 Å². The molecular weight excluding hydrogens is 264 g/mol. The first kappa shape index (κ1) is 12.1. The van der Waals surface area contributed by atoms with Gasteiger partial charge in [0, 0.05) is 4.88 Å². The van der Waals surface area contributed by atoms with Crippen LogP contribution in [0, 0.1) is 0 Å². The van der Waals surface area contributed by atoms with Crippen molar-refractivity contribution >= 4 is 27.3 Å². The summed E-state index contributed by atoms with van der Waals surface area (Å²) in [4.78, 5) is 1.18. The van der Waals surface area contributed by atoms with Crippen LogP contribution in [0.4, 0.5) is 0 Å². The highest BCUT2D eigenvalue weighted by atomic mass is 79.9. The van der Waals surface area contributed by atoms with Crippen LogP contribution in [-0.4, -0.2) is 12.7 Å². The van der Waals surface area contributed by atoms with Crippen molar-refractivity contribution in [1.29, 1.82) is 0 Å². The molecule has 0 aliphatic carbocycles. The molecule has 0 aliphatic heterocycles. The lowest BCUT2D eigenvalue weighted by Gasteiger charge is -2.16. The summed E-state index contributed by atoms with van der Waals surface area (Å²) in [7, 11) is 0. The molecule has 5 heteroatoms. The van der Waals surface area contributed by atoms with E-state index in [1.54, 1.807) is 11.3 Å². The SMILES string of the molecule is CC(C)OCC(NN)c1ccc(Br)s1. The zero-order valence-corrected chi connectivity index (χ0v) is 10.7. The highest BCUT2D eigenvalue weighted by molar-refractivity contribution is 9.11. The Kier molecular flexibility index (Phi) is 5.05. The maximum Gasteiger partial charge on any atom is 0.0787 e. The van der Waals surface area contributed by atoms with Gasteiger partial charge in [0.15, 0.2) is 0 Å². The van der Waals surface area contributed by atoms with Gasteiger partial charge in [-0.05, 0) is 41.9 Å². The summed E-state index contributed by atoms with van der Waals surface area (Å²) >= 11 is 5.09. The van der Waals surface area contributed by atoms with E-state index >= 15 is 0 Å². The first-order valence-electron chi connectivity index (χ1n) is 4.46. The van der Waals surface area contributed by atoms with Crippen molar-refractivity contribution in [2.24, 2.45) is 5.84 Å². The lowest BCUT2D eigenvalue weighted by molar-refractivity contribution is 0.0618. The number of nitrogens with one attached hydrogen (secondary N) is 1. The smallest absolute Gasteiger partial charge is 0.0787 e. The van der Waals surface area contributed by atoms with Gasteiger partial charge in [-0.1, -0.05) is 0 Å². The minimum absolute atomic E-state index is 0.0775. The van der Waals surface area contributed by atoms with Crippen LogP contribution in [0.3, 0.4) is 0 Å². The van der Waals surface area contributed by atoms with E-state index in [-0.39, 0.29) is 12.1 Å². The predicted molar refractivity (Wildman–Crippen MR) is 63.2 cm³/mol. The van der Waals surface area contributed by atoms with E-state index in [9.17, 15) is 0 Å². The fraction of sp³-hybridized carbons (Fsp3) is 0.556. The monoisotopic (exact) mass is 278 g/mol. The molecular formula is C9H15BrN2OS. The molecule has 1 aromatic rings. The molecule has 0 aromatic carbocycles. The van der Waals surface area contributed by atoms with Gasteiger partial charge in [-0.2, -0.15) is 0 Å². The summed E-state index contributed by atoms with van der Waals surface area (Å²) in [5.74, 6) is 5.46. The second kappa shape index (κ2) is 5.82. The molecule has 1 heterocycles. The molecule has 1 atom stereocenters. The van der Waals surface area contributed by atoms with Gasteiger partial charge in [0.25, 0.3) is 0 Å². The van der Waals surface area contributed by atoms with Crippen molar-refractivity contribution in [2.75, 3.05) is 6.61 Å². The van der Waals surface area contributed by atoms with Gasteiger partial charge >= 0.3 is 0 Å². The highest BCUT2D eigenvalue weighted by Gasteiger charge is 2.12. The summed E-state index contributed by atoms with van der Waals surface area (Å²) in [6.07, 6.45) is 0.231. The van der Waals surface area contributed by atoms with Crippen LogP contribution in [0.15, 0.2) is 15.9 Å². The van der Waals surface area contributed by atoms with E-state index in [4.69, 9.17) is 10.6 Å². The van der Waals surface area contributed by atoms with Crippen LogP contribution in [0.5, 0.6) is 0 Å². The van der Waals surface area contributed by atoms with Crippen molar-refractivity contribution in [3.05, 3.63) is 20.8 Å². The van der Waals surface area contributed by atoms with Crippen LogP contribution in [0.25, 0.3) is 0 Å². The average Bonchev–Trinajstić information content (AvgIpc) is 2.53. The topological polar surface area (TPSA) is 47.3 Å². The molecule has 0 saturated heterocycles. The maximum absolute atomic E-state index is 5.51. The Morgan fingerprint density at radius 2 is 2.29 bits per heavy atom. The molecule has 0 amide bonds. The van der Waals surface area contributed by atoms with E-state index in [1.807, 2.05) is 26.0 Å². The molecule has 14 heavy (non-hydrogen) atoms. The lowest BCUT2D eigenvalue weighted by atomic mass is 10.2. The standard InChI is InChI=1S/C9H15BrN2OS/c1-6(2)13-5-7(12-11)8-3-4-9(10)14-8/h3-4,6-7,12H,5,11H2,1-2H3. The highest BCUT2D eigenvalue weighted by Crippen LogP contribution is 2.27. The summed E-state index contributed by atoms with van der Waals surface area (Å²) in [6, 6.07) is 4.14. The number of hydrogen-bond donors (Lipinski definition) is 2. The predicted octanol–water partition coefficient (Wildman–Crippen LogP) is 2.44. The number of hydrogen-bond acceptors (Lipinski definition) is 4. The lowest BCUT2D eigenvalue weighted by Crippen LogP contribution is -2.31. The quantitative estimate of drug-likeness (QED) is 0.643. The number of ether oxygens (including phenoxy) is 1. The molecule has 1 aromatic heterocycles. The van der Waals surface area contributed by atoms with Gasteiger partial charge in [-0.25, -0.2) is 5.43 Å². The van der Waals surface area contributed by atoms with Gasteiger partial charge in [-0.15, -0.1) is 11.3 Å². The molecule has 0 fully saturated rings. The minimum atomic E-state index is 0.0775. The van der Waals surface area contributed by atoms with Gasteiger partial charge in [0.2, 0.25) is 0 Å². The van der Waals surface area contributed by atoms with Crippen LogP contribution in [-0.2, 0) is 4.74 Å². The fourth-order valence-corrected chi connectivity index (χ4v) is 2.49. The normalized spacial score (nSPS) is 13.5. The maximum atomic E-state index is 5.51. The van der Waals surface area contributed by atoms with E-state index in [2.05, 4.69) is 21.4 Å². The Morgan fingerprint density at radius 1 is 1.57 bits per heavy atom. The molecule has 0 aliphatic rings. The van der Waals surface area contributed by atoms with Crippen molar-refractivity contribution in [3.8, 4) is 0 Å². The Bertz CT molecular complexity index is 278. The fourth-order valence-electron chi connectivity index (χ4n) is 1.02. The summed E-state index contributed by atoms with van der Waals surface area (Å²) < 4.78 is 6.62. The van der Waals surface area contributed by atoms with Gasteiger partial charge in [-0.3, -0.25) is 5.84 Å². The Hall–Kier alpha value is 0.0600. The second-order valence-electron chi connectivity index (χ2n) is 3.24. The first-order chi connectivity index (χ1) is 6.63. The van der Waals surface area contributed by atoms with Crippen molar-refractivity contribution < 1.29 is 4.74 Å². The van der Waals surface area contributed by atoms with Crippen LogP contribution in [0.1, 0.15) is 24.8 Å². The summed E-state index contributed by atoms with van der Waals surface area (Å²) in [6.45, 7) is 4.62. The van der Waals surface area contributed by atoms with Gasteiger partial charge in [0.05, 0.1) is 22.5 Å². The zero-order valence-electron chi connectivity index (χ0n) is 8.29. The van der Waals surface area contributed by atoms with Crippen molar-refractivity contribution in [3.63, 3.8) is 0 Å². The van der Waals surface area contributed by atoms with Crippen LogP contribution in [0.2, 0.25) is 0 Å². The second-order valence-corrected chi connectivity index (χ2v) is 5.74. The molecule has 1 unspecified atom stereocenters. The third-order valence-electron chi connectivity index (χ3n) is 1.73. The largest absolute Gasteiger partial charge is 0.377 e. The van der Waals surface area contributed by atoms with E-state index in [1.165, 1.54) is 4.88 Å². The summed E-state index contributed by atoms with van der Waals surface area (Å²) in [5.41, 5.74) is 2.75. The Labute approximate surface area is 96.7 Å². The molecule has 0 spiro atoms. The molecule has 0 bridgehead atoms. The molecule has 0 radical (unpaired) electrons. The molecule has 0 saturated carbocycles. The number of hydrazine groups is 1. The number of halogens is 1. The van der Waals surface area contributed by atoms with Crippen LogP contribution >= 0.6 is 27.3 Å². The van der Waals surface area contributed by atoms with Gasteiger partial charge in [0.1, 0.15) is 0 Å². The Morgan fingerprint density at radius 3 is 2.71 bits per heavy atom. The van der Waals surface area contributed by atoms with Crippen LogP contribution < -0.4 is 11.3 Å². The number of rotatable bonds is 5. The molecule has 3 nitrogen and oxygen atoms in total. The van der Waals surface area contributed by atoms with Crippen molar-refractivity contribution in [2.45, 2.75) is 26.0 Å². The average molecular weight is 279 g/mol. The summed E-state index contributed by atoms with van der Waals surface area (Å²) in [5, 5.41) is 0. The first-order valence-corrected chi connectivity index (χ1v) is 6.07. The third kappa shape index (κ3) is 3.67. The van der Waals surface area contributed by atoms with E-state index in [0.717, 1.165) is 3.79 Å².